The fourth-order valence-electron chi connectivity index (χ4n) is 1.03. The van der Waals surface area contributed by atoms with E-state index in [0.717, 1.165) is 10.6 Å². The number of carbonyl (C=O) groups is 1. The average molecular weight is 226 g/mol. The van der Waals surface area contributed by atoms with E-state index in [4.69, 9.17) is 9.84 Å². The Kier molecular flexibility index (Phi) is 4.49. The average Bonchev–Trinajstić information content (AvgIpc) is 2.16. The molecule has 0 fully saturated rings. The van der Waals surface area contributed by atoms with E-state index in [1.807, 2.05) is 38.1 Å². The smallest absolute Gasteiger partial charge is 0.313 e. The lowest BCUT2D eigenvalue weighted by Gasteiger charge is -2.09. The summed E-state index contributed by atoms with van der Waals surface area (Å²) in [6.07, 6.45) is 0.155. The molecule has 3 nitrogen and oxygen atoms in total. The van der Waals surface area contributed by atoms with Crippen molar-refractivity contribution < 1.29 is 14.6 Å². The second kappa shape index (κ2) is 5.66. The third kappa shape index (κ3) is 4.74. The molecule has 0 unspecified atom stereocenters. The molecule has 0 amide bonds. The number of benzene rings is 1. The number of thioether (sulfide) groups is 1. The van der Waals surface area contributed by atoms with Crippen molar-refractivity contribution in [3.63, 3.8) is 0 Å². The predicted octanol–water partition coefficient (Wildman–Crippen LogP) is 2.65. The Morgan fingerprint density at radius 3 is 2.47 bits per heavy atom. The van der Waals surface area contributed by atoms with Crippen LogP contribution in [0.1, 0.15) is 13.8 Å². The molecule has 0 aliphatic carbocycles. The van der Waals surface area contributed by atoms with Gasteiger partial charge in [-0.3, -0.25) is 4.79 Å². The normalized spacial score (nSPS) is 10.3. The van der Waals surface area contributed by atoms with E-state index in [1.165, 1.54) is 11.8 Å². The molecule has 1 aromatic rings. The second-order valence-corrected chi connectivity index (χ2v) is 4.37. The zero-order valence-electron chi connectivity index (χ0n) is 8.77. The summed E-state index contributed by atoms with van der Waals surface area (Å²) < 4.78 is 5.47. The molecule has 82 valence electrons. The zero-order chi connectivity index (χ0) is 11.3. The molecule has 0 aliphatic heterocycles. The van der Waals surface area contributed by atoms with Crippen molar-refractivity contribution in [2.45, 2.75) is 24.8 Å². The molecule has 1 rings (SSSR count). The molecule has 0 spiro atoms. The van der Waals surface area contributed by atoms with Crippen molar-refractivity contribution in [1.82, 2.24) is 0 Å². The summed E-state index contributed by atoms with van der Waals surface area (Å²) in [4.78, 5) is 11.3. The SMILES string of the molecule is CC(C)Oc1ccc(SCC(=O)O)cc1. The van der Waals surface area contributed by atoms with Crippen molar-refractivity contribution in [3.05, 3.63) is 24.3 Å². The van der Waals surface area contributed by atoms with E-state index in [0.29, 0.717) is 0 Å². The number of hydrogen-bond acceptors (Lipinski definition) is 3. The molecule has 0 aliphatic rings. The van der Waals surface area contributed by atoms with Crippen molar-refractivity contribution >= 4 is 17.7 Å². The minimum Gasteiger partial charge on any atom is -0.491 e. The third-order valence-electron chi connectivity index (χ3n) is 1.56. The van der Waals surface area contributed by atoms with E-state index in [2.05, 4.69) is 0 Å². The van der Waals surface area contributed by atoms with Crippen molar-refractivity contribution in [2.75, 3.05) is 5.75 Å². The van der Waals surface area contributed by atoms with Crippen LogP contribution in [0.25, 0.3) is 0 Å². The Morgan fingerprint density at radius 1 is 1.40 bits per heavy atom. The first-order valence-electron chi connectivity index (χ1n) is 4.69. The van der Waals surface area contributed by atoms with Crippen LogP contribution in [0, 0.1) is 0 Å². The Morgan fingerprint density at radius 2 is 2.00 bits per heavy atom. The van der Waals surface area contributed by atoms with Gasteiger partial charge in [-0.05, 0) is 38.1 Å². The zero-order valence-corrected chi connectivity index (χ0v) is 9.58. The highest BCUT2D eigenvalue weighted by Crippen LogP contribution is 2.21. The summed E-state index contributed by atoms with van der Waals surface area (Å²) in [5.41, 5.74) is 0. The summed E-state index contributed by atoms with van der Waals surface area (Å²) in [6, 6.07) is 7.44. The van der Waals surface area contributed by atoms with Crippen LogP contribution in [0.3, 0.4) is 0 Å². The first kappa shape index (κ1) is 11.9. The highest BCUT2D eigenvalue weighted by molar-refractivity contribution is 8.00. The molecule has 15 heavy (non-hydrogen) atoms. The molecule has 0 heterocycles. The summed E-state index contributed by atoms with van der Waals surface area (Å²) >= 11 is 1.30. The van der Waals surface area contributed by atoms with E-state index in [-0.39, 0.29) is 11.9 Å². The molecule has 1 aromatic carbocycles. The Bertz CT molecular complexity index is 319. The lowest BCUT2D eigenvalue weighted by Crippen LogP contribution is -2.05. The van der Waals surface area contributed by atoms with Crippen LogP contribution in [0.2, 0.25) is 0 Å². The fourth-order valence-corrected chi connectivity index (χ4v) is 1.65. The van der Waals surface area contributed by atoms with Crippen LogP contribution in [-0.2, 0) is 4.79 Å². The Labute approximate surface area is 93.4 Å². The van der Waals surface area contributed by atoms with E-state index in [1.54, 1.807) is 0 Å². The predicted molar refractivity (Wildman–Crippen MR) is 60.6 cm³/mol. The first-order valence-corrected chi connectivity index (χ1v) is 5.68. The third-order valence-corrected chi connectivity index (χ3v) is 2.55. The van der Waals surface area contributed by atoms with Crippen LogP contribution < -0.4 is 4.74 Å². The molecule has 0 saturated heterocycles. The van der Waals surface area contributed by atoms with Gasteiger partial charge < -0.3 is 9.84 Å². The maximum atomic E-state index is 10.3. The minimum atomic E-state index is -0.803. The molecule has 1 N–H and O–H groups in total. The van der Waals surface area contributed by atoms with Crippen LogP contribution in [-0.4, -0.2) is 22.9 Å². The fraction of sp³-hybridized carbons (Fsp3) is 0.364. The van der Waals surface area contributed by atoms with Gasteiger partial charge >= 0.3 is 5.97 Å². The summed E-state index contributed by atoms with van der Waals surface area (Å²) in [7, 11) is 0. The number of carboxylic acid groups (broad SMARTS) is 1. The molecular weight excluding hydrogens is 212 g/mol. The van der Waals surface area contributed by atoms with Crippen LogP contribution >= 0.6 is 11.8 Å². The molecule has 0 bridgehead atoms. The van der Waals surface area contributed by atoms with Gasteiger partial charge in [-0.2, -0.15) is 0 Å². The number of rotatable bonds is 5. The van der Waals surface area contributed by atoms with Crippen molar-refractivity contribution in [2.24, 2.45) is 0 Å². The van der Waals surface area contributed by atoms with Gasteiger partial charge in [-0.1, -0.05) is 0 Å². The standard InChI is InChI=1S/C11H14O3S/c1-8(2)14-9-3-5-10(6-4-9)15-7-11(12)13/h3-6,8H,7H2,1-2H3,(H,12,13). The molecule has 0 aromatic heterocycles. The molecule has 0 saturated carbocycles. The highest BCUT2D eigenvalue weighted by Gasteiger charge is 2.01. The van der Waals surface area contributed by atoms with E-state index < -0.39 is 5.97 Å². The molecule has 0 radical (unpaired) electrons. The van der Waals surface area contributed by atoms with Crippen molar-refractivity contribution in [3.8, 4) is 5.75 Å². The maximum absolute atomic E-state index is 10.3. The van der Waals surface area contributed by atoms with Crippen LogP contribution in [0.5, 0.6) is 5.75 Å². The van der Waals surface area contributed by atoms with Crippen LogP contribution in [0.15, 0.2) is 29.2 Å². The van der Waals surface area contributed by atoms with Gasteiger partial charge in [-0.15, -0.1) is 11.8 Å². The van der Waals surface area contributed by atoms with Crippen LogP contribution in [0.4, 0.5) is 0 Å². The Balaban J connectivity index is 2.52. The number of carboxylic acids is 1. The highest BCUT2D eigenvalue weighted by atomic mass is 32.2. The van der Waals surface area contributed by atoms with E-state index >= 15 is 0 Å². The van der Waals surface area contributed by atoms with Gasteiger partial charge in [0.1, 0.15) is 5.75 Å². The van der Waals surface area contributed by atoms with E-state index in [9.17, 15) is 4.79 Å². The monoisotopic (exact) mass is 226 g/mol. The lowest BCUT2D eigenvalue weighted by atomic mass is 10.3. The molecule has 4 heteroatoms. The summed E-state index contributed by atoms with van der Waals surface area (Å²) in [5, 5.41) is 8.50. The lowest BCUT2D eigenvalue weighted by molar-refractivity contribution is -0.133. The topological polar surface area (TPSA) is 46.5 Å². The van der Waals surface area contributed by atoms with Gasteiger partial charge in [0.15, 0.2) is 0 Å². The molecule has 0 atom stereocenters. The molecular formula is C11H14O3S. The van der Waals surface area contributed by atoms with Gasteiger partial charge in [0.25, 0.3) is 0 Å². The first-order chi connectivity index (χ1) is 7.08. The second-order valence-electron chi connectivity index (χ2n) is 3.32. The summed E-state index contributed by atoms with van der Waals surface area (Å²) in [6.45, 7) is 3.93. The van der Waals surface area contributed by atoms with Gasteiger partial charge in [0, 0.05) is 4.90 Å². The van der Waals surface area contributed by atoms with Gasteiger partial charge in [0.05, 0.1) is 11.9 Å². The number of aliphatic carboxylic acids is 1. The van der Waals surface area contributed by atoms with Crippen molar-refractivity contribution in [1.29, 1.82) is 0 Å². The minimum absolute atomic E-state index is 0.0877. The van der Waals surface area contributed by atoms with Gasteiger partial charge in [-0.25, -0.2) is 0 Å². The maximum Gasteiger partial charge on any atom is 0.313 e. The Hall–Kier alpha value is -1.16. The summed E-state index contributed by atoms with van der Waals surface area (Å²) in [5.74, 6) is 0.0943. The number of ether oxygens (including phenoxy) is 1. The number of hydrogen-bond donors (Lipinski definition) is 1. The largest absolute Gasteiger partial charge is 0.491 e. The quantitative estimate of drug-likeness (QED) is 0.784. The van der Waals surface area contributed by atoms with Gasteiger partial charge in [0.2, 0.25) is 0 Å².